The number of aliphatic imine (C=N–C) groups is 1. The number of hydrogen-bond donors (Lipinski definition) is 2. The monoisotopic (exact) mass is 463 g/mol. The second-order valence-electron chi connectivity index (χ2n) is 7.68. The van der Waals surface area contributed by atoms with Gasteiger partial charge in [-0.15, -0.1) is 0 Å². The van der Waals surface area contributed by atoms with Crippen molar-refractivity contribution in [2.75, 3.05) is 16.4 Å². The Hall–Kier alpha value is -3.39. The highest BCUT2D eigenvalue weighted by atomic mass is 32.2. The maximum absolute atomic E-state index is 13.2. The topological polar surface area (TPSA) is 88.4 Å². The van der Waals surface area contributed by atoms with Crippen molar-refractivity contribution in [2.45, 2.75) is 40.2 Å². The van der Waals surface area contributed by atoms with Crippen molar-refractivity contribution in [3.05, 3.63) is 72.2 Å². The summed E-state index contributed by atoms with van der Waals surface area (Å²) in [5, 5.41) is 6.86. The number of nitrogens with one attached hydrogen (secondary N) is 2. The summed E-state index contributed by atoms with van der Waals surface area (Å²) in [6.45, 7) is 5.65. The van der Waals surface area contributed by atoms with Crippen molar-refractivity contribution < 1.29 is 9.59 Å². The standard InChI is InChI=1S/C25H29N5O2S/c1-4-5-15-33-25(28-20-9-7-6-8-10-20)29-23-22(30(17-26-23)16-19(3)31)24(32)27-21-13-11-18(2)12-14-21/h6-14,17H,4-5,15-16H2,1-3H3,(H,27,32)(H,28,29). The number of aryl methyl sites for hydroxylation is 1. The highest BCUT2D eigenvalue weighted by Crippen LogP contribution is 2.23. The van der Waals surface area contributed by atoms with Gasteiger partial charge in [0.2, 0.25) is 0 Å². The number of amidine groups is 1. The third-order valence-corrected chi connectivity index (χ3v) is 5.66. The lowest BCUT2D eigenvalue weighted by Gasteiger charge is -2.11. The Balaban J connectivity index is 1.94. The van der Waals surface area contributed by atoms with Crippen LogP contribution in [0.4, 0.5) is 17.2 Å². The number of imidazole rings is 1. The van der Waals surface area contributed by atoms with Gasteiger partial charge in [-0.05, 0) is 44.5 Å². The molecule has 3 rings (SSSR count). The zero-order valence-electron chi connectivity index (χ0n) is 19.2. The number of Topliss-reactive ketones (excluding diaryl/α,β-unsaturated/α-hetero) is 1. The average molecular weight is 464 g/mol. The normalized spacial score (nSPS) is 11.3. The van der Waals surface area contributed by atoms with E-state index in [9.17, 15) is 9.59 Å². The Morgan fingerprint density at radius 1 is 1.03 bits per heavy atom. The molecular formula is C25H29N5O2S. The molecule has 172 valence electrons. The summed E-state index contributed by atoms with van der Waals surface area (Å²) >= 11 is 1.58. The van der Waals surface area contributed by atoms with Crippen LogP contribution >= 0.6 is 11.8 Å². The van der Waals surface area contributed by atoms with E-state index < -0.39 is 0 Å². The van der Waals surface area contributed by atoms with Crippen molar-refractivity contribution in [3.8, 4) is 0 Å². The summed E-state index contributed by atoms with van der Waals surface area (Å²) in [4.78, 5) is 34.1. The number of hydrogen-bond acceptors (Lipinski definition) is 5. The largest absolute Gasteiger partial charge is 0.335 e. The number of ketones is 1. The Morgan fingerprint density at radius 3 is 2.39 bits per heavy atom. The van der Waals surface area contributed by atoms with E-state index in [-0.39, 0.29) is 29.7 Å². The molecule has 2 N–H and O–H groups in total. The lowest BCUT2D eigenvalue weighted by Crippen LogP contribution is -2.19. The smallest absolute Gasteiger partial charge is 0.276 e. The van der Waals surface area contributed by atoms with Crippen LogP contribution in [0.15, 0.2) is 65.9 Å². The molecule has 0 unspecified atom stereocenters. The molecule has 0 spiro atoms. The average Bonchev–Trinajstić information content (AvgIpc) is 3.17. The Bertz CT molecular complexity index is 1110. The molecule has 1 aromatic heterocycles. The highest BCUT2D eigenvalue weighted by Gasteiger charge is 2.20. The summed E-state index contributed by atoms with van der Waals surface area (Å²) < 4.78 is 1.54. The van der Waals surface area contributed by atoms with Crippen molar-refractivity contribution in [1.29, 1.82) is 0 Å². The van der Waals surface area contributed by atoms with Crippen molar-refractivity contribution in [3.63, 3.8) is 0 Å². The molecule has 0 aliphatic carbocycles. The second-order valence-corrected chi connectivity index (χ2v) is 8.76. The number of thioether (sulfide) groups is 1. The molecule has 0 aliphatic rings. The van der Waals surface area contributed by atoms with Gasteiger partial charge in [0.1, 0.15) is 5.78 Å². The first-order valence-corrected chi connectivity index (χ1v) is 11.9. The molecule has 0 aliphatic heterocycles. The van der Waals surface area contributed by atoms with Crippen LogP contribution < -0.4 is 10.6 Å². The van der Waals surface area contributed by atoms with E-state index in [1.807, 2.05) is 61.5 Å². The molecular weight excluding hydrogens is 434 g/mol. The Labute approximate surface area is 198 Å². The number of nitrogens with zero attached hydrogens (tertiary/aromatic N) is 3. The van der Waals surface area contributed by atoms with Gasteiger partial charge in [0, 0.05) is 17.1 Å². The predicted octanol–water partition coefficient (Wildman–Crippen LogP) is 5.67. The SMILES string of the molecule is CCCCSC(=Nc1ncn(CC(C)=O)c1C(=O)Nc1ccc(C)cc1)Nc1ccccc1. The number of carbonyl (C=O) groups is 2. The summed E-state index contributed by atoms with van der Waals surface area (Å²) in [6, 6.07) is 17.3. The molecule has 33 heavy (non-hydrogen) atoms. The van der Waals surface area contributed by atoms with Gasteiger partial charge in [-0.25, -0.2) is 9.98 Å². The van der Waals surface area contributed by atoms with E-state index in [0.29, 0.717) is 10.9 Å². The molecule has 0 fully saturated rings. The number of carbonyl (C=O) groups excluding carboxylic acids is 2. The minimum Gasteiger partial charge on any atom is -0.335 e. The molecule has 2 aromatic carbocycles. The van der Waals surface area contributed by atoms with Gasteiger partial charge in [0.15, 0.2) is 16.7 Å². The molecule has 1 amide bonds. The van der Waals surface area contributed by atoms with E-state index >= 15 is 0 Å². The van der Waals surface area contributed by atoms with Gasteiger partial charge in [-0.2, -0.15) is 0 Å². The fourth-order valence-electron chi connectivity index (χ4n) is 3.02. The number of para-hydroxylation sites is 1. The van der Waals surface area contributed by atoms with Gasteiger partial charge in [0.05, 0.1) is 12.9 Å². The van der Waals surface area contributed by atoms with Crippen LogP contribution in [0.25, 0.3) is 0 Å². The molecule has 1 heterocycles. The lowest BCUT2D eigenvalue weighted by atomic mass is 10.2. The number of aromatic nitrogens is 2. The minimum atomic E-state index is -0.367. The number of benzene rings is 2. The molecule has 0 radical (unpaired) electrons. The first kappa shape index (κ1) is 24.3. The van der Waals surface area contributed by atoms with E-state index in [2.05, 4.69) is 22.5 Å². The quantitative estimate of drug-likeness (QED) is 0.243. The van der Waals surface area contributed by atoms with Crippen molar-refractivity contribution in [2.24, 2.45) is 4.99 Å². The van der Waals surface area contributed by atoms with E-state index in [4.69, 9.17) is 4.99 Å². The van der Waals surface area contributed by atoms with Crippen LogP contribution in [-0.4, -0.2) is 32.2 Å². The third kappa shape index (κ3) is 7.32. The molecule has 8 heteroatoms. The fourth-order valence-corrected chi connectivity index (χ4v) is 3.99. The summed E-state index contributed by atoms with van der Waals surface area (Å²) in [7, 11) is 0. The third-order valence-electron chi connectivity index (χ3n) is 4.71. The fraction of sp³-hybridized carbons (Fsp3) is 0.280. The second kappa shape index (κ2) is 12.0. The maximum atomic E-state index is 13.2. The van der Waals surface area contributed by atoms with Crippen LogP contribution in [0.1, 0.15) is 42.7 Å². The van der Waals surface area contributed by atoms with Crippen molar-refractivity contribution >= 4 is 45.8 Å². The summed E-state index contributed by atoms with van der Waals surface area (Å²) in [6.07, 6.45) is 3.60. The first-order valence-electron chi connectivity index (χ1n) is 10.9. The number of rotatable bonds is 9. The Morgan fingerprint density at radius 2 is 1.73 bits per heavy atom. The predicted molar refractivity (Wildman–Crippen MR) is 137 cm³/mol. The molecule has 0 atom stereocenters. The van der Waals surface area contributed by atoms with Gasteiger partial charge < -0.3 is 15.2 Å². The van der Waals surface area contributed by atoms with Crippen LogP contribution in [0, 0.1) is 6.92 Å². The zero-order valence-corrected chi connectivity index (χ0v) is 20.0. The molecule has 3 aromatic rings. The molecule has 0 saturated heterocycles. The van der Waals surface area contributed by atoms with E-state index in [0.717, 1.165) is 29.8 Å². The highest BCUT2D eigenvalue weighted by molar-refractivity contribution is 8.14. The number of anilines is 2. The van der Waals surface area contributed by atoms with E-state index in [1.165, 1.54) is 13.3 Å². The van der Waals surface area contributed by atoms with Crippen LogP contribution in [0.2, 0.25) is 0 Å². The molecule has 0 saturated carbocycles. The zero-order chi connectivity index (χ0) is 23.6. The summed E-state index contributed by atoms with van der Waals surface area (Å²) in [5.41, 5.74) is 2.90. The van der Waals surface area contributed by atoms with Crippen LogP contribution in [-0.2, 0) is 11.3 Å². The van der Waals surface area contributed by atoms with E-state index in [1.54, 1.807) is 16.3 Å². The number of amides is 1. The minimum absolute atomic E-state index is 0.0452. The van der Waals surface area contributed by atoms with Gasteiger partial charge >= 0.3 is 0 Å². The van der Waals surface area contributed by atoms with Crippen LogP contribution in [0.5, 0.6) is 0 Å². The maximum Gasteiger partial charge on any atom is 0.276 e. The summed E-state index contributed by atoms with van der Waals surface area (Å²) in [5.74, 6) is 0.707. The van der Waals surface area contributed by atoms with Crippen molar-refractivity contribution in [1.82, 2.24) is 9.55 Å². The number of unbranched alkanes of at least 4 members (excludes halogenated alkanes) is 1. The van der Waals surface area contributed by atoms with Gasteiger partial charge in [-0.1, -0.05) is 61.0 Å². The van der Waals surface area contributed by atoms with Crippen LogP contribution in [0.3, 0.4) is 0 Å². The van der Waals surface area contributed by atoms with Gasteiger partial charge in [-0.3, -0.25) is 9.59 Å². The van der Waals surface area contributed by atoms with Gasteiger partial charge in [0.25, 0.3) is 5.91 Å². The molecule has 0 bridgehead atoms. The first-order chi connectivity index (χ1) is 16.0. The Kier molecular flexibility index (Phi) is 8.83. The lowest BCUT2D eigenvalue weighted by molar-refractivity contribution is -0.117. The molecule has 7 nitrogen and oxygen atoms in total.